The Morgan fingerprint density at radius 3 is 2.67 bits per heavy atom. The van der Waals surface area contributed by atoms with E-state index in [0.717, 1.165) is 10.9 Å². The van der Waals surface area contributed by atoms with Gasteiger partial charge >= 0.3 is 0 Å². The van der Waals surface area contributed by atoms with Gasteiger partial charge in [-0.1, -0.05) is 12.1 Å². The van der Waals surface area contributed by atoms with E-state index in [-0.39, 0.29) is 4.90 Å². The van der Waals surface area contributed by atoms with E-state index < -0.39 is 9.05 Å². The van der Waals surface area contributed by atoms with Crippen LogP contribution in [0.3, 0.4) is 0 Å². The van der Waals surface area contributed by atoms with E-state index in [9.17, 15) is 8.42 Å². The van der Waals surface area contributed by atoms with Crippen molar-refractivity contribution in [3.8, 4) is 0 Å². The van der Waals surface area contributed by atoms with Crippen molar-refractivity contribution in [2.45, 2.75) is 11.8 Å². The zero-order chi connectivity index (χ0) is 11.1. The molecule has 2 rings (SSSR count). The van der Waals surface area contributed by atoms with Gasteiger partial charge in [0.25, 0.3) is 9.05 Å². The summed E-state index contributed by atoms with van der Waals surface area (Å²) >= 11 is 0. The zero-order valence-corrected chi connectivity index (χ0v) is 9.51. The maximum Gasteiger partial charge on any atom is 0.261 e. The summed E-state index contributed by atoms with van der Waals surface area (Å²) in [6.45, 7) is 1.81. The highest BCUT2D eigenvalue weighted by atomic mass is 35.7. The molecule has 78 valence electrons. The molecule has 0 unspecified atom stereocenters. The van der Waals surface area contributed by atoms with E-state index in [4.69, 9.17) is 10.7 Å². The van der Waals surface area contributed by atoms with Crippen LogP contribution in [0.5, 0.6) is 0 Å². The molecule has 0 amide bonds. The predicted octanol–water partition coefficient (Wildman–Crippen LogP) is 2.47. The maximum absolute atomic E-state index is 11.3. The second kappa shape index (κ2) is 3.47. The van der Waals surface area contributed by atoms with Crippen LogP contribution in [0, 0.1) is 6.92 Å². The Morgan fingerprint density at radius 2 is 2.00 bits per heavy atom. The number of fused-ring (bicyclic) bond motifs is 1. The second-order valence-corrected chi connectivity index (χ2v) is 5.78. The predicted molar refractivity (Wildman–Crippen MR) is 59.5 cm³/mol. The van der Waals surface area contributed by atoms with Crippen molar-refractivity contribution in [1.82, 2.24) is 4.98 Å². The van der Waals surface area contributed by atoms with E-state index in [1.807, 2.05) is 0 Å². The number of pyridine rings is 1. The SMILES string of the molecule is Cc1cncc2cccc(S(=O)(=O)Cl)c12. The van der Waals surface area contributed by atoms with E-state index in [1.54, 1.807) is 31.5 Å². The van der Waals surface area contributed by atoms with E-state index in [1.165, 1.54) is 6.07 Å². The van der Waals surface area contributed by atoms with Gasteiger partial charge in [0.15, 0.2) is 0 Å². The van der Waals surface area contributed by atoms with Gasteiger partial charge < -0.3 is 0 Å². The van der Waals surface area contributed by atoms with Crippen molar-refractivity contribution in [1.29, 1.82) is 0 Å². The molecule has 0 aliphatic heterocycles. The highest BCUT2D eigenvalue weighted by Crippen LogP contribution is 2.27. The minimum atomic E-state index is -3.71. The number of rotatable bonds is 1. The third-order valence-electron chi connectivity index (χ3n) is 2.20. The number of nitrogens with zero attached hydrogens (tertiary/aromatic N) is 1. The van der Waals surface area contributed by atoms with Gasteiger partial charge in [0.1, 0.15) is 0 Å². The normalized spacial score (nSPS) is 11.9. The smallest absolute Gasteiger partial charge is 0.261 e. The van der Waals surface area contributed by atoms with Crippen molar-refractivity contribution in [3.05, 3.63) is 36.2 Å². The Bertz CT molecular complexity index is 617. The van der Waals surface area contributed by atoms with Crippen LogP contribution < -0.4 is 0 Å². The highest BCUT2D eigenvalue weighted by molar-refractivity contribution is 8.14. The molecule has 5 heteroatoms. The molecule has 0 N–H and O–H groups in total. The first-order valence-corrected chi connectivity index (χ1v) is 6.59. The van der Waals surface area contributed by atoms with Gasteiger partial charge in [-0.25, -0.2) is 8.42 Å². The summed E-state index contributed by atoms with van der Waals surface area (Å²) in [5.74, 6) is 0. The van der Waals surface area contributed by atoms with Crippen molar-refractivity contribution >= 4 is 30.5 Å². The average molecular weight is 242 g/mol. The van der Waals surface area contributed by atoms with Crippen LogP contribution in [-0.2, 0) is 9.05 Å². The molecule has 3 nitrogen and oxygen atoms in total. The first-order valence-electron chi connectivity index (χ1n) is 4.28. The van der Waals surface area contributed by atoms with Crippen molar-refractivity contribution in [2.24, 2.45) is 0 Å². The molecular weight excluding hydrogens is 234 g/mol. The Hall–Kier alpha value is -1.13. The molecule has 1 aromatic carbocycles. The van der Waals surface area contributed by atoms with Crippen LogP contribution in [0.25, 0.3) is 10.8 Å². The molecule has 1 heterocycles. The lowest BCUT2D eigenvalue weighted by molar-refractivity contribution is 0.610. The largest absolute Gasteiger partial charge is 0.264 e. The summed E-state index contributed by atoms with van der Waals surface area (Å²) < 4.78 is 22.7. The van der Waals surface area contributed by atoms with Crippen LogP contribution >= 0.6 is 10.7 Å². The summed E-state index contributed by atoms with van der Waals surface area (Å²) in [5, 5.41) is 1.42. The molecule has 0 atom stereocenters. The molecule has 0 bridgehead atoms. The first-order chi connectivity index (χ1) is 7.00. The van der Waals surface area contributed by atoms with E-state index >= 15 is 0 Å². The number of benzene rings is 1. The fourth-order valence-electron chi connectivity index (χ4n) is 1.57. The minimum absolute atomic E-state index is 0.140. The van der Waals surface area contributed by atoms with Crippen LogP contribution in [0.1, 0.15) is 5.56 Å². The van der Waals surface area contributed by atoms with E-state index in [0.29, 0.717) is 5.39 Å². The van der Waals surface area contributed by atoms with E-state index in [2.05, 4.69) is 4.98 Å². The molecule has 0 spiro atoms. The molecular formula is C10H8ClNO2S. The lowest BCUT2D eigenvalue weighted by Crippen LogP contribution is -1.94. The Kier molecular flexibility index (Phi) is 2.40. The lowest BCUT2D eigenvalue weighted by atomic mass is 10.1. The molecule has 0 saturated carbocycles. The second-order valence-electron chi connectivity index (χ2n) is 3.25. The molecule has 1 aromatic heterocycles. The molecule has 0 saturated heterocycles. The first kappa shape index (κ1) is 10.4. The lowest BCUT2D eigenvalue weighted by Gasteiger charge is -2.05. The van der Waals surface area contributed by atoms with Gasteiger partial charge in [-0.05, 0) is 18.6 Å². The van der Waals surface area contributed by atoms with Gasteiger partial charge in [0.05, 0.1) is 4.90 Å². The van der Waals surface area contributed by atoms with Gasteiger partial charge in [0, 0.05) is 33.8 Å². The zero-order valence-electron chi connectivity index (χ0n) is 7.94. The average Bonchev–Trinajstić information content (AvgIpc) is 2.16. The van der Waals surface area contributed by atoms with Crippen molar-refractivity contribution < 1.29 is 8.42 Å². The standard InChI is InChI=1S/C10H8ClNO2S/c1-7-5-12-6-8-3-2-4-9(10(7)8)15(11,13)14/h2-6H,1H3. The summed E-state index contributed by atoms with van der Waals surface area (Å²) in [5.41, 5.74) is 0.798. The quantitative estimate of drug-likeness (QED) is 0.721. The van der Waals surface area contributed by atoms with Crippen LogP contribution in [0.4, 0.5) is 0 Å². The molecule has 2 aromatic rings. The molecule has 0 aliphatic rings. The minimum Gasteiger partial charge on any atom is -0.264 e. The number of hydrogen-bond donors (Lipinski definition) is 0. The van der Waals surface area contributed by atoms with Gasteiger partial charge in [-0.2, -0.15) is 0 Å². The van der Waals surface area contributed by atoms with Gasteiger partial charge in [0.2, 0.25) is 0 Å². The van der Waals surface area contributed by atoms with Gasteiger partial charge in [-0.15, -0.1) is 0 Å². The Labute approximate surface area is 92.1 Å². The summed E-state index contributed by atoms with van der Waals surface area (Å²) in [7, 11) is 1.65. The monoisotopic (exact) mass is 241 g/mol. The van der Waals surface area contributed by atoms with Gasteiger partial charge in [-0.3, -0.25) is 4.98 Å². The summed E-state index contributed by atoms with van der Waals surface area (Å²) in [4.78, 5) is 4.14. The fraction of sp³-hybridized carbons (Fsp3) is 0.100. The summed E-state index contributed by atoms with van der Waals surface area (Å²) in [6.07, 6.45) is 3.24. The van der Waals surface area contributed by atoms with Crippen LogP contribution in [0.2, 0.25) is 0 Å². The molecule has 15 heavy (non-hydrogen) atoms. The highest BCUT2D eigenvalue weighted by Gasteiger charge is 2.15. The summed E-state index contributed by atoms with van der Waals surface area (Å²) in [6, 6.07) is 4.96. The van der Waals surface area contributed by atoms with Crippen LogP contribution in [0.15, 0.2) is 35.5 Å². The molecule has 0 aliphatic carbocycles. The fourth-order valence-corrected chi connectivity index (χ4v) is 2.72. The third kappa shape index (κ3) is 1.82. The Morgan fingerprint density at radius 1 is 1.27 bits per heavy atom. The molecule has 0 radical (unpaired) electrons. The number of aromatic nitrogens is 1. The third-order valence-corrected chi connectivity index (χ3v) is 3.56. The topological polar surface area (TPSA) is 47.0 Å². The number of halogens is 1. The molecule has 0 fully saturated rings. The van der Waals surface area contributed by atoms with Crippen LogP contribution in [-0.4, -0.2) is 13.4 Å². The maximum atomic E-state index is 11.3. The number of hydrogen-bond acceptors (Lipinski definition) is 3. The van der Waals surface area contributed by atoms with Crippen molar-refractivity contribution in [2.75, 3.05) is 0 Å². The number of aryl methyl sites for hydroxylation is 1. The Balaban J connectivity index is 2.99. The van der Waals surface area contributed by atoms with Crippen molar-refractivity contribution in [3.63, 3.8) is 0 Å².